The first-order valence-electron chi connectivity index (χ1n) is 5.33. The van der Waals surface area contributed by atoms with Crippen LogP contribution in [-0.2, 0) is 16.0 Å². The second kappa shape index (κ2) is 6.05. The molecule has 1 heterocycles. The molecule has 1 aromatic rings. The quantitative estimate of drug-likeness (QED) is 0.773. The highest BCUT2D eigenvalue weighted by atomic mass is 19.3. The number of pyridine rings is 1. The minimum atomic E-state index is -2.77. The van der Waals surface area contributed by atoms with Gasteiger partial charge in [0.1, 0.15) is 6.07 Å². The summed E-state index contributed by atoms with van der Waals surface area (Å²) >= 11 is 0. The van der Waals surface area contributed by atoms with Crippen molar-refractivity contribution in [2.45, 2.75) is 26.7 Å². The van der Waals surface area contributed by atoms with Crippen molar-refractivity contribution in [1.29, 1.82) is 5.26 Å². The molecule has 6 heteroatoms. The van der Waals surface area contributed by atoms with Crippen molar-refractivity contribution in [3.63, 3.8) is 0 Å². The molecule has 4 nitrogen and oxygen atoms in total. The first-order chi connectivity index (χ1) is 8.51. The number of esters is 1. The van der Waals surface area contributed by atoms with Crippen molar-refractivity contribution < 1.29 is 18.3 Å². The van der Waals surface area contributed by atoms with Crippen LogP contribution in [0.1, 0.15) is 35.7 Å². The van der Waals surface area contributed by atoms with Crippen molar-refractivity contribution >= 4 is 5.97 Å². The number of aromatic nitrogens is 1. The zero-order valence-electron chi connectivity index (χ0n) is 10.0. The van der Waals surface area contributed by atoms with Crippen LogP contribution in [0.3, 0.4) is 0 Å². The Morgan fingerprint density at radius 2 is 2.28 bits per heavy atom. The summed E-state index contributed by atoms with van der Waals surface area (Å²) in [5.41, 5.74) is -0.351. The maximum Gasteiger partial charge on any atom is 0.311 e. The van der Waals surface area contributed by atoms with Crippen LogP contribution in [-0.4, -0.2) is 17.6 Å². The maximum absolute atomic E-state index is 12.8. The fraction of sp³-hybridized carbons (Fsp3) is 0.417. The van der Waals surface area contributed by atoms with E-state index in [1.807, 2.05) is 0 Å². The van der Waals surface area contributed by atoms with E-state index in [4.69, 9.17) is 10.00 Å². The van der Waals surface area contributed by atoms with Crippen LogP contribution in [0.2, 0.25) is 0 Å². The summed E-state index contributed by atoms with van der Waals surface area (Å²) in [5.74, 6) is -0.592. The number of carbonyl (C=O) groups excluding carboxylic acids is 1. The highest BCUT2D eigenvalue weighted by Gasteiger charge is 2.21. The lowest BCUT2D eigenvalue weighted by Crippen LogP contribution is -2.12. The standard InChI is InChI=1S/C12H12F2N2O2/c1-3-18-10(17)4-9-8(5-15)11(12(13)14)7(2)6-16-9/h6,12H,3-4H2,1-2H3. The zero-order valence-corrected chi connectivity index (χ0v) is 10.0. The molecule has 0 fully saturated rings. The molecule has 0 N–H and O–H groups in total. The Balaban J connectivity index is 3.18. The Bertz CT molecular complexity index is 496. The van der Waals surface area contributed by atoms with E-state index < -0.39 is 12.4 Å². The molecule has 0 saturated carbocycles. The van der Waals surface area contributed by atoms with Gasteiger partial charge in [0.05, 0.1) is 24.3 Å². The molecule has 0 aliphatic carbocycles. The van der Waals surface area contributed by atoms with E-state index in [2.05, 4.69) is 4.98 Å². The van der Waals surface area contributed by atoms with Gasteiger partial charge in [-0.1, -0.05) is 0 Å². The Morgan fingerprint density at radius 1 is 1.61 bits per heavy atom. The Kier molecular flexibility index (Phi) is 4.72. The summed E-state index contributed by atoms with van der Waals surface area (Å²) in [7, 11) is 0. The van der Waals surface area contributed by atoms with Crippen molar-refractivity contribution in [2.75, 3.05) is 6.61 Å². The smallest absolute Gasteiger partial charge is 0.311 e. The average Bonchev–Trinajstić information content (AvgIpc) is 2.30. The molecule has 0 amide bonds. The number of aryl methyl sites for hydroxylation is 1. The molecule has 0 radical (unpaired) electrons. The van der Waals surface area contributed by atoms with Gasteiger partial charge in [-0.05, 0) is 19.4 Å². The maximum atomic E-state index is 12.8. The highest BCUT2D eigenvalue weighted by Crippen LogP contribution is 2.27. The topological polar surface area (TPSA) is 63.0 Å². The number of halogens is 2. The summed E-state index contributed by atoms with van der Waals surface area (Å²) in [6.45, 7) is 3.27. The van der Waals surface area contributed by atoms with Crippen molar-refractivity contribution in [3.05, 3.63) is 28.6 Å². The largest absolute Gasteiger partial charge is 0.466 e. The molecule has 0 aromatic carbocycles. The van der Waals surface area contributed by atoms with Crippen LogP contribution >= 0.6 is 0 Å². The van der Waals surface area contributed by atoms with E-state index in [9.17, 15) is 13.6 Å². The number of ether oxygens (including phenoxy) is 1. The molecular formula is C12H12F2N2O2. The number of hydrogen-bond donors (Lipinski definition) is 0. The predicted molar refractivity (Wildman–Crippen MR) is 59.0 cm³/mol. The van der Waals surface area contributed by atoms with Crippen LogP contribution < -0.4 is 0 Å². The van der Waals surface area contributed by atoms with Gasteiger partial charge in [-0.3, -0.25) is 9.78 Å². The van der Waals surface area contributed by atoms with Gasteiger partial charge in [0.2, 0.25) is 0 Å². The second-order valence-electron chi connectivity index (χ2n) is 3.57. The first-order valence-corrected chi connectivity index (χ1v) is 5.33. The lowest BCUT2D eigenvalue weighted by molar-refractivity contribution is -0.142. The zero-order chi connectivity index (χ0) is 13.7. The fourth-order valence-electron chi connectivity index (χ4n) is 1.55. The molecule has 0 atom stereocenters. The number of nitriles is 1. The number of hydrogen-bond acceptors (Lipinski definition) is 4. The molecule has 0 aliphatic heterocycles. The van der Waals surface area contributed by atoms with Crippen molar-refractivity contribution in [3.8, 4) is 6.07 Å². The number of alkyl halides is 2. The van der Waals surface area contributed by atoms with Gasteiger partial charge in [0.15, 0.2) is 0 Å². The first kappa shape index (κ1) is 14.0. The van der Waals surface area contributed by atoms with Crippen LogP contribution in [0, 0.1) is 18.3 Å². The average molecular weight is 254 g/mol. The summed E-state index contributed by atoms with van der Waals surface area (Å²) in [6.07, 6.45) is -1.82. The number of nitrogens with zero attached hydrogens (tertiary/aromatic N) is 2. The molecule has 0 unspecified atom stereocenters. The molecule has 18 heavy (non-hydrogen) atoms. The minimum absolute atomic E-state index is 0.0249. The molecule has 96 valence electrons. The fourth-order valence-corrected chi connectivity index (χ4v) is 1.55. The van der Waals surface area contributed by atoms with Crippen LogP contribution in [0.15, 0.2) is 6.20 Å². The van der Waals surface area contributed by atoms with E-state index in [1.54, 1.807) is 13.0 Å². The molecule has 1 rings (SSSR count). The van der Waals surface area contributed by atoms with Gasteiger partial charge >= 0.3 is 5.97 Å². The Morgan fingerprint density at radius 3 is 2.78 bits per heavy atom. The third-order valence-electron chi connectivity index (χ3n) is 2.34. The second-order valence-corrected chi connectivity index (χ2v) is 3.57. The van der Waals surface area contributed by atoms with E-state index in [0.29, 0.717) is 0 Å². The minimum Gasteiger partial charge on any atom is -0.466 e. The summed E-state index contributed by atoms with van der Waals surface area (Å²) in [5, 5.41) is 8.94. The third-order valence-corrected chi connectivity index (χ3v) is 2.34. The molecule has 1 aromatic heterocycles. The molecular weight excluding hydrogens is 242 g/mol. The van der Waals surface area contributed by atoms with E-state index >= 15 is 0 Å². The van der Waals surface area contributed by atoms with Crippen LogP contribution in [0.5, 0.6) is 0 Å². The van der Waals surface area contributed by atoms with Gasteiger partial charge in [0, 0.05) is 11.8 Å². The van der Waals surface area contributed by atoms with E-state index in [1.165, 1.54) is 13.1 Å². The predicted octanol–water partition coefficient (Wildman–Crippen LogP) is 2.30. The van der Waals surface area contributed by atoms with Gasteiger partial charge < -0.3 is 4.74 Å². The Hall–Kier alpha value is -2.03. The third kappa shape index (κ3) is 3.00. The summed E-state index contributed by atoms with van der Waals surface area (Å²) in [4.78, 5) is 15.1. The SMILES string of the molecule is CCOC(=O)Cc1ncc(C)c(C(F)F)c1C#N. The molecule has 0 aliphatic rings. The summed E-state index contributed by atoms with van der Waals surface area (Å²) < 4.78 is 30.4. The van der Waals surface area contributed by atoms with Crippen LogP contribution in [0.4, 0.5) is 8.78 Å². The molecule has 0 saturated heterocycles. The number of rotatable bonds is 4. The normalized spacial score (nSPS) is 10.2. The highest BCUT2D eigenvalue weighted by molar-refractivity contribution is 5.73. The summed E-state index contributed by atoms with van der Waals surface area (Å²) in [6, 6.07) is 1.68. The van der Waals surface area contributed by atoms with Gasteiger partial charge in [-0.15, -0.1) is 0 Å². The van der Waals surface area contributed by atoms with E-state index in [-0.39, 0.29) is 35.4 Å². The van der Waals surface area contributed by atoms with E-state index in [0.717, 1.165) is 0 Å². The van der Waals surface area contributed by atoms with Gasteiger partial charge in [-0.25, -0.2) is 8.78 Å². The van der Waals surface area contributed by atoms with Crippen molar-refractivity contribution in [2.24, 2.45) is 0 Å². The van der Waals surface area contributed by atoms with Crippen molar-refractivity contribution in [1.82, 2.24) is 4.98 Å². The monoisotopic (exact) mass is 254 g/mol. The number of carbonyl (C=O) groups is 1. The van der Waals surface area contributed by atoms with Gasteiger partial charge in [-0.2, -0.15) is 5.26 Å². The Labute approximate surface area is 103 Å². The lowest BCUT2D eigenvalue weighted by Gasteiger charge is -2.10. The van der Waals surface area contributed by atoms with Gasteiger partial charge in [0.25, 0.3) is 6.43 Å². The lowest BCUT2D eigenvalue weighted by atomic mass is 10.0. The molecule has 0 spiro atoms. The molecule has 0 bridgehead atoms. The van der Waals surface area contributed by atoms with Crippen LogP contribution in [0.25, 0.3) is 0 Å².